The van der Waals surface area contributed by atoms with Gasteiger partial charge in [-0.2, -0.15) is 9.97 Å². The number of ether oxygens (including phenoxy) is 1. The number of nitrogen functional groups attached to an aromatic ring is 1. The Bertz CT molecular complexity index is 814. The smallest absolute Gasteiger partial charge is 0.371 e. The minimum atomic E-state index is -2.09. The predicted octanol–water partition coefficient (Wildman–Crippen LogP) is 0.836. The minimum absolute atomic E-state index is 0.0181. The van der Waals surface area contributed by atoms with Crippen molar-refractivity contribution in [3.8, 4) is 0 Å². The van der Waals surface area contributed by atoms with Crippen molar-refractivity contribution in [2.75, 3.05) is 31.2 Å². The molecule has 1 aliphatic rings. The fourth-order valence-electron chi connectivity index (χ4n) is 2.97. The Labute approximate surface area is 150 Å². The summed E-state index contributed by atoms with van der Waals surface area (Å²) >= 11 is 0. The van der Waals surface area contributed by atoms with E-state index in [1.807, 2.05) is 11.5 Å². The van der Waals surface area contributed by atoms with Crippen molar-refractivity contribution >= 4 is 37.4 Å². The molecule has 12 heteroatoms. The van der Waals surface area contributed by atoms with Gasteiger partial charge in [0.2, 0.25) is 5.95 Å². The molecule has 0 bridgehead atoms. The highest BCUT2D eigenvalue weighted by atomic mass is 31.1. The molecule has 4 N–H and O–H groups in total. The number of nitrogens with two attached hydrogens (primary N) is 1. The summed E-state index contributed by atoms with van der Waals surface area (Å²) in [6.45, 7) is 2.19. The van der Waals surface area contributed by atoms with Crippen LogP contribution in [0.5, 0.6) is 0 Å². The summed E-state index contributed by atoms with van der Waals surface area (Å²) in [6.07, 6.45) is 2.47. The van der Waals surface area contributed by atoms with Crippen LogP contribution in [-0.2, 0) is 18.6 Å². The first-order valence-corrected chi connectivity index (χ1v) is 9.31. The Balaban J connectivity index is 1.72. The molecule has 0 aliphatic carbocycles. The van der Waals surface area contributed by atoms with Crippen molar-refractivity contribution in [1.29, 1.82) is 0 Å². The molecule has 140 valence electrons. The second kappa shape index (κ2) is 8.00. The molecule has 1 unspecified atom stereocenters. The van der Waals surface area contributed by atoms with E-state index in [9.17, 15) is 9.36 Å². The third-order valence-corrected chi connectivity index (χ3v) is 4.91. The maximum absolute atomic E-state index is 11.6. The molecule has 0 aromatic carbocycles. The summed E-state index contributed by atoms with van der Waals surface area (Å²) in [5.74, 6) is 0.860. The second-order valence-corrected chi connectivity index (χ2v) is 7.04. The van der Waals surface area contributed by atoms with Crippen molar-refractivity contribution in [2.45, 2.75) is 25.7 Å². The van der Waals surface area contributed by atoms with Crippen LogP contribution in [0, 0.1) is 5.92 Å². The molecule has 2 aromatic heterocycles. The third-order valence-electron chi connectivity index (χ3n) is 4.08. The zero-order valence-electron chi connectivity index (χ0n) is 14.5. The summed E-state index contributed by atoms with van der Waals surface area (Å²) in [5, 5.41) is 5.41. The van der Waals surface area contributed by atoms with Gasteiger partial charge in [0.25, 0.3) is 0 Å². The fraction of sp³-hybridized carbons (Fsp3) is 0.571. The highest BCUT2D eigenvalue weighted by Crippen LogP contribution is 2.37. The molecule has 4 atom stereocenters. The molecule has 26 heavy (non-hydrogen) atoms. The third kappa shape index (κ3) is 3.80. The first-order chi connectivity index (χ1) is 12.5. The van der Waals surface area contributed by atoms with Crippen LogP contribution >= 0.6 is 8.18 Å². The van der Waals surface area contributed by atoms with E-state index < -0.39 is 8.18 Å². The van der Waals surface area contributed by atoms with Gasteiger partial charge in [-0.15, -0.1) is 4.52 Å². The number of rotatable bonds is 8. The average molecular weight is 382 g/mol. The zero-order valence-corrected chi connectivity index (χ0v) is 15.3. The molecule has 0 radical (unpaired) electrons. The van der Waals surface area contributed by atoms with Gasteiger partial charge < -0.3 is 20.6 Å². The van der Waals surface area contributed by atoms with Crippen molar-refractivity contribution in [2.24, 2.45) is 5.92 Å². The maximum Gasteiger partial charge on any atom is 0.613 e. The highest BCUT2D eigenvalue weighted by Gasteiger charge is 2.36. The lowest BCUT2D eigenvalue weighted by atomic mass is 10.1. The first kappa shape index (κ1) is 18.6. The molecule has 0 saturated carbocycles. The fourth-order valence-corrected chi connectivity index (χ4v) is 3.58. The summed E-state index contributed by atoms with van der Waals surface area (Å²) in [5.41, 5.74) is 6.97. The first-order valence-electron chi connectivity index (χ1n) is 8.14. The Morgan fingerprint density at radius 1 is 1.54 bits per heavy atom. The summed E-state index contributed by atoms with van der Waals surface area (Å²) < 4.78 is 24.7. The van der Waals surface area contributed by atoms with Crippen LogP contribution in [0.1, 0.15) is 19.6 Å². The summed E-state index contributed by atoms with van der Waals surface area (Å²) in [7, 11) is -0.353. The van der Waals surface area contributed by atoms with Crippen LogP contribution in [-0.4, -0.2) is 52.1 Å². The van der Waals surface area contributed by atoms with E-state index in [2.05, 4.69) is 25.4 Å². The van der Waals surface area contributed by atoms with E-state index in [0.717, 1.165) is 6.42 Å². The van der Waals surface area contributed by atoms with Crippen LogP contribution in [0.4, 0.5) is 11.8 Å². The number of anilines is 2. The number of hydrogen-bond donors (Lipinski definition) is 3. The molecule has 1 fully saturated rings. The molecular formula is C14H21N7O4P+. The average Bonchev–Trinajstić information content (AvgIpc) is 3.20. The molecule has 2 aromatic rings. The minimum Gasteiger partial charge on any atom is -0.371 e. The Morgan fingerprint density at radius 3 is 3.08 bits per heavy atom. The van der Waals surface area contributed by atoms with Gasteiger partial charge in [-0.1, -0.05) is 12.0 Å². The number of nitrogens with zero attached hydrogens (tertiary/aromatic N) is 4. The van der Waals surface area contributed by atoms with Gasteiger partial charge in [0.05, 0.1) is 19.0 Å². The topological polar surface area (TPSA) is 146 Å². The van der Waals surface area contributed by atoms with Crippen LogP contribution in [0.25, 0.3) is 11.2 Å². The summed E-state index contributed by atoms with van der Waals surface area (Å²) in [6, 6.07) is 0. The SMILES string of the molecule is CNc1nc(N)nc2c1ncn2[C@@H]1O[C@H](CO[P+](=O)NCC=O)C[C@@H]1C. The highest BCUT2D eigenvalue weighted by molar-refractivity contribution is 7.36. The molecule has 1 aliphatic heterocycles. The second-order valence-electron chi connectivity index (χ2n) is 5.95. The lowest BCUT2D eigenvalue weighted by Crippen LogP contribution is -2.17. The van der Waals surface area contributed by atoms with Gasteiger partial charge in [-0.05, 0) is 11.0 Å². The Kier molecular flexibility index (Phi) is 5.72. The van der Waals surface area contributed by atoms with Gasteiger partial charge in [0.15, 0.2) is 17.0 Å². The lowest BCUT2D eigenvalue weighted by molar-refractivity contribution is -0.106. The Hall–Kier alpha value is -2.20. The number of aromatic nitrogens is 4. The molecule has 3 heterocycles. The van der Waals surface area contributed by atoms with Crippen LogP contribution in [0.2, 0.25) is 0 Å². The number of nitrogens with one attached hydrogen (secondary N) is 2. The van der Waals surface area contributed by atoms with Gasteiger partial charge in [-0.3, -0.25) is 4.57 Å². The van der Waals surface area contributed by atoms with E-state index in [-0.39, 0.29) is 37.3 Å². The van der Waals surface area contributed by atoms with Gasteiger partial charge >= 0.3 is 8.18 Å². The normalized spacial score (nSPS) is 23.3. The van der Waals surface area contributed by atoms with E-state index in [1.165, 1.54) is 0 Å². The standard InChI is InChI=1S/C14H21N7O4P/c1-8-5-9(6-24-26(23)18-3-4-22)25-13(8)21-7-17-10-11(16-2)19-14(15)20-12(10)21/h4,7-9,13H,3,5-6H2,1-2H3,(H,18,23)(H3,15,16,19,20)/q+1/t8-,9-,13+/m0/s1. The molecule has 3 rings (SSSR count). The quantitative estimate of drug-likeness (QED) is 0.443. The van der Waals surface area contributed by atoms with Crippen molar-refractivity contribution < 1.29 is 18.6 Å². The molecule has 1 saturated heterocycles. The zero-order chi connectivity index (χ0) is 18.7. The number of fused-ring (bicyclic) bond motifs is 1. The maximum atomic E-state index is 11.6. The van der Waals surface area contributed by atoms with Crippen molar-refractivity contribution in [1.82, 2.24) is 24.6 Å². The number of carbonyl (C=O) groups excluding carboxylic acids is 1. The van der Waals surface area contributed by atoms with Crippen LogP contribution < -0.4 is 16.1 Å². The molecule has 0 spiro atoms. The number of imidazole rings is 1. The summed E-state index contributed by atoms with van der Waals surface area (Å²) in [4.78, 5) is 23.0. The lowest BCUT2D eigenvalue weighted by Gasteiger charge is -2.17. The number of aldehydes is 1. The van der Waals surface area contributed by atoms with E-state index in [1.54, 1.807) is 13.4 Å². The molecule has 0 amide bonds. The van der Waals surface area contributed by atoms with Crippen LogP contribution in [0.15, 0.2) is 6.33 Å². The number of hydrogen-bond acceptors (Lipinski definition) is 9. The largest absolute Gasteiger partial charge is 0.613 e. The van der Waals surface area contributed by atoms with Crippen molar-refractivity contribution in [3.05, 3.63) is 6.33 Å². The van der Waals surface area contributed by atoms with Crippen LogP contribution in [0.3, 0.4) is 0 Å². The molecule has 11 nitrogen and oxygen atoms in total. The Morgan fingerprint density at radius 2 is 2.35 bits per heavy atom. The van der Waals surface area contributed by atoms with E-state index in [0.29, 0.717) is 23.3 Å². The van der Waals surface area contributed by atoms with Gasteiger partial charge in [0.1, 0.15) is 19.1 Å². The van der Waals surface area contributed by atoms with Gasteiger partial charge in [0, 0.05) is 13.0 Å². The monoisotopic (exact) mass is 382 g/mol. The van der Waals surface area contributed by atoms with Gasteiger partial charge in [-0.25, -0.2) is 4.98 Å². The van der Waals surface area contributed by atoms with E-state index in [4.69, 9.17) is 15.0 Å². The molecular weight excluding hydrogens is 361 g/mol. The predicted molar refractivity (Wildman–Crippen MR) is 94.6 cm³/mol. The van der Waals surface area contributed by atoms with E-state index >= 15 is 0 Å². The number of carbonyl (C=O) groups is 1. The van der Waals surface area contributed by atoms with Crippen molar-refractivity contribution in [3.63, 3.8) is 0 Å².